The molecule has 0 unspecified atom stereocenters. The standard InChI is InChI=1S/C37H45NO3/c39-36(38-27-25-29-21-23-31(24-22-29)40-30-15-5-2-6-16-30)37(26-11-14-28-12-3-1-4-13-28)32-17-7-9-19-34(32)41-35-20-10-8-18-33(35)37/h1,3-4,7-10,12-13,17-20,29-31H,2,5-6,11,14-16,21-27H2,(H,38,39). The molecule has 3 aromatic rings. The molecule has 2 saturated carbocycles. The summed E-state index contributed by atoms with van der Waals surface area (Å²) in [5, 5.41) is 3.42. The minimum absolute atomic E-state index is 0.100. The summed E-state index contributed by atoms with van der Waals surface area (Å²) in [4.78, 5) is 14.4. The molecule has 216 valence electrons. The van der Waals surface area contributed by atoms with Gasteiger partial charge in [0.15, 0.2) is 0 Å². The van der Waals surface area contributed by atoms with Crippen molar-refractivity contribution in [3.05, 3.63) is 95.6 Å². The summed E-state index contributed by atoms with van der Waals surface area (Å²) in [6.07, 6.45) is 15.8. The lowest BCUT2D eigenvalue weighted by atomic mass is 9.68. The van der Waals surface area contributed by atoms with E-state index in [9.17, 15) is 4.79 Å². The van der Waals surface area contributed by atoms with Gasteiger partial charge in [-0.15, -0.1) is 0 Å². The van der Waals surface area contributed by atoms with Crippen LogP contribution >= 0.6 is 0 Å². The van der Waals surface area contributed by atoms with E-state index in [4.69, 9.17) is 9.47 Å². The van der Waals surface area contributed by atoms with Gasteiger partial charge in [0.25, 0.3) is 0 Å². The van der Waals surface area contributed by atoms with Gasteiger partial charge in [0.1, 0.15) is 16.9 Å². The number of carbonyl (C=O) groups excluding carboxylic acids is 1. The van der Waals surface area contributed by atoms with Crippen molar-refractivity contribution >= 4 is 5.91 Å². The first-order valence-corrected chi connectivity index (χ1v) is 16.1. The first-order valence-electron chi connectivity index (χ1n) is 16.1. The molecule has 0 radical (unpaired) electrons. The van der Waals surface area contributed by atoms with Crippen molar-refractivity contribution in [2.75, 3.05) is 6.54 Å². The molecule has 0 saturated heterocycles. The van der Waals surface area contributed by atoms with Crippen LogP contribution in [0.1, 0.15) is 93.7 Å². The van der Waals surface area contributed by atoms with E-state index in [1.54, 1.807) is 0 Å². The van der Waals surface area contributed by atoms with Crippen molar-refractivity contribution in [2.45, 2.75) is 101 Å². The minimum Gasteiger partial charge on any atom is -0.457 e. The average Bonchev–Trinajstić information content (AvgIpc) is 3.02. The van der Waals surface area contributed by atoms with Crippen molar-refractivity contribution in [2.24, 2.45) is 5.92 Å². The molecule has 0 atom stereocenters. The zero-order valence-corrected chi connectivity index (χ0v) is 24.4. The van der Waals surface area contributed by atoms with Gasteiger partial charge in [-0.1, -0.05) is 86.0 Å². The Balaban J connectivity index is 1.13. The Kier molecular flexibility index (Phi) is 9.06. The Morgan fingerprint density at radius 3 is 2.05 bits per heavy atom. The average molecular weight is 552 g/mol. The van der Waals surface area contributed by atoms with E-state index >= 15 is 0 Å². The van der Waals surface area contributed by atoms with E-state index < -0.39 is 5.41 Å². The summed E-state index contributed by atoms with van der Waals surface area (Å²) in [7, 11) is 0. The minimum atomic E-state index is -0.772. The lowest BCUT2D eigenvalue weighted by Crippen LogP contribution is -2.47. The molecular weight excluding hydrogens is 506 g/mol. The van der Waals surface area contributed by atoms with Gasteiger partial charge in [0.05, 0.1) is 12.2 Å². The molecule has 4 nitrogen and oxygen atoms in total. The number of para-hydroxylation sites is 2. The summed E-state index contributed by atoms with van der Waals surface area (Å²) in [6, 6.07) is 26.8. The number of hydrogen-bond acceptors (Lipinski definition) is 3. The van der Waals surface area contributed by atoms with Gasteiger partial charge in [-0.2, -0.15) is 0 Å². The fourth-order valence-corrected chi connectivity index (χ4v) is 7.48. The highest BCUT2D eigenvalue weighted by molar-refractivity contribution is 5.94. The second kappa shape index (κ2) is 13.2. The topological polar surface area (TPSA) is 47.6 Å². The van der Waals surface area contributed by atoms with E-state index in [1.807, 2.05) is 36.4 Å². The van der Waals surface area contributed by atoms with Gasteiger partial charge in [-0.05, 0) is 87.8 Å². The molecule has 1 amide bonds. The third-order valence-electron chi connectivity index (χ3n) is 9.73. The van der Waals surface area contributed by atoms with Gasteiger partial charge in [-0.25, -0.2) is 0 Å². The SMILES string of the molecule is O=C(NCCC1CCC(OC2CCCCC2)CC1)C1(CCCc2ccccc2)c2ccccc2Oc2ccccc21. The number of rotatable bonds is 10. The second-order valence-corrected chi connectivity index (χ2v) is 12.4. The van der Waals surface area contributed by atoms with Crippen LogP contribution < -0.4 is 10.1 Å². The molecule has 0 aromatic heterocycles. The van der Waals surface area contributed by atoms with Crippen LogP contribution in [0.2, 0.25) is 0 Å². The molecule has 4 heteroatoms. The third-order valence-corrected chi connectivity index (χ3v) is 9.73. The van der Waals surface area contributed by atoms with Crippen LogP contribution in [0.3, 0.4) is 0 Å². The largest absolute Gasteiger partial charge is 0.457 e. The van der Waals surface area contributed by atoms with E-state index in [-0.39, 0.29) is 5.91 Å². The number of hydrogen-bond donors (Lipinski definition) is 1. The predicted molar refractivity (Wildman–Crippen MR) is 164 cm³/mol. The zero-order chi connectivity index (χ0) is 27.9. The molecule has 6 rings (SSSR count). The molecule has 2 fully saturated rings. The second-order valence-electron chi connectivity index (χ2n) is 12.4. The molecule has 3 aromatic carbocycles. The lowest BCUT2D eigenvalue weighted by Gasteiger charge is -2.39. The van der Waals surface area contributed by atoms with E-state index in [0.717, 1.165) is 61.2 Å². The van der Waals surface area contributed by atoms with Gasteiger partial charge in [0, 0.05) is 17.7 Å². The Morgan fingerprint density at radius 2 is 1.37 bits per heavy atom. The van der Waals surface area contributed by atoms with Gasteiger partial charge in [-0.3, -0.25) is 4.79 Å². The molecule has 0 spiro atoms. The van der Waals surface area contributed by atoms with Crippen LogP contribution in [0.15, 0.2) is 78.9 Å². The highest BCUT2D eigenvalue weighted by Gasteiger charge is 2.47. The summed E-state index contributed by atoms with van der Waals surface area (Å²) in [5.41, 5.74) is 2.49. The molecule has 0 bridgehead atoms. The number of fused-ring (bicyclic) bond motifs is 2. The highest BCUT2D eigenvalue weighted by Crippen LogP contribution is 2.50. The molecule has 1 aliphatic heterocycles. The van der Waals surface area contributed by atoms with Crippen molar-refractivity contribution in [3.8, 4) is 11.5 Å². The van der Waals surface area contributed by atoms with Crippen LogP contribution in [0.5, 0.6) is 11.5 Å². The predicted octanol–water partition coefficient (Wildman–Crippen LogP) is 8.52. The first kappa shape index (κ1) is 28.0. The summed E-state index contributed by atoms with van der Waals surface area (Å²) in [5.74, 6) is 2.34. The molecule has 1 heterocycles. The normalized spacial score (nSPS) is 21.8. The monoisotopic (exact) mass is 551 g/mol. The maximum absolute atomic E-state index is 14.4. The molecule has 1 N–H and O–H groups in total. The number of ether oxygens (including phenoxy) is 2. The van der Waals surface area contributed by atoms with Crippen molar-refractivity contribution in [3.63, 3.8) is 0 Å². The van der Waals surface area contributed by atoms with Gasteiger partial charge >= 0.3 is 0 Å². The Labute approximate surface area is 245 Å². The van der Waals surface area contributed by atoms with E-state index in [1.165, 1.54) is 50.5 Å². The fraction of sp³-hybridized carbons (Fsp3) is 0.486. The van der Waals surface area contributed by atoms with Crippen LogP contribution in [-0.2, 0) is 21.4 Å². The summed E-state index contributed by atoms with van der Waals surface area (Å²) >= 11 is 0. The smallest absolute Gasteiger partial charge is 0.235 e. The van der Waals surface area contributed by atoms with Crippen molar-refractivity contribution in [1.82, 2.24) is 5.32 Å². The van der Waals surface area contributed by atoms with E-state index in [0.29, 0.717) is 24.7 Å². The Morgan fingerprint density at radius 1 is 0.756 bits per heavy atom. The number of nitrogens with one attached hydrogen (secondary N) is 1. The number of aryl methyl sites for hydroxylation is 1. The molecule has 3 aliphatic rings. The Hall–Kier alpha value is -3.11. The van der Waals surface area contributed by atoms with Crippen LogP contribution in [0.25, 0.3) is 0 Å². The molecule has 2 aliphatic carbocycles. The number of amides is 1. The van der Waals surface area contributed by atoms with Crippen molar-refractivity contribution in [1.29, 1.82) is 0 Å². The maximum atomic E-state index is 14.4. The maximum Gasteiger partial charge on any atom is 0.235 e. The Bertz CT molecular complexity index is 1230. The summed E-state index contributed by atoms with van der Waals surface area (Å²) < 4.78 is 12.8. The lowest BCUT2D eigenvalue weighted by molar-refractivity contribution is -0.126. The number of carbonyl (C=O) groups is 1. The third kappa shape index (κ3) is 6.38. The van der Waals surface area contributed by atoms with Crippen molar-refractivity contribution < 1.29 is 14.3 Å². The van der Waals surface area contributed by atoms with Crippen LogP contribution in [0, 0.1) is 5.92 Å². The van der Waals surface area contributed by atoms with Crippen LogP contribution in [-0.4, -0.2) is 24.7 Å². The zero-order valence-electron chi connectivity index (χ0n) is 24.4. The molecular formula is C37H45NO3. The highest BCUT2D eigenvalue weighted by atomic mass is 16.5. The summed E-state index contributed by atoms with van der Waals surface area (Å²) in [6.45, 7) is 0.712. The van der Waals surface area contributed by atoms with Gasteiger partial charge in [0.2, 0.25) is 5.91 Å². The molecule has 41 heavy (non-hydrogen) atoms. The quantitative estimate of drug-likeness (QED) is 0.275. The number of benzene rings is 3. The fourth-order valence-electron chi connectivity index (χ4n) is 7.48. The van der Waals surface area contributed by atoms with Crippen LogP contribution in [0.4, 0.5) is 0 Å². The van der Waals surface area contributed by atoms with Gasteiger partial charge < -0.3 is 14.8 Å². The first-order chi connectivity index (χ1) is 20.2. The van der Waals surface area contributed by atoms with E-state index in [2.05, 4.69) is 47.8 Å².